The van der Waals surface area contributed by atoms with Gasteiger partial charge in [0, 0.05) is 26.7 Å². The number of hydrogen-bond donors (Lipinski definition) is 1. The first-order chi connectivity index (χ1) is 10.9. The number of nitrogens with zero attached hydrogens (tertiary/aromatic N) is 3. The van der Waals surface area contributed by atoms with Crippen molar-refractivity contribution in [1.82, 2.24) is 15.1 Å². The zero-order valence-electron chi connectivity index (χ0n) is 14.2. The number of alkyl halides is 3. The summed E-state index contributed by atoms with van der Waals surface area (Å²) >= 11 is 0. The Kier molecular flexibility index (Phi) is 6.56. The van der Waals surface area contributed by atoms with Crippen molar-refractivity contribution in [3.8, 4) is 0 Å². The summed E-state index contributed by atoms with van der Waals surface area (Å²) in [5.41, 5.74) is 0. The summed E-state index contributed by atoms with van der Waals surface area (Å²) in [6.07, 6.45) is 1.87. The number of fused-ring (bicyclic) bond motifs is 1. The van der Waals surface area contributed by atoms with Gasteiger partial charge >= 0.3 is 6.18 Å². The van der Waals surface area contributed by atoms with Crippen LogP contribution in [0.25, 0.3) is 0 Å². The third-order valence-corrected chi connectivity index (χ3v) is 4.94. The van der Waals surface area contributed by atoms with E-state index in [4.69, 9.17) is 0 Å². The number of rotatable bonds is 5. The van der Waals surface area contributed by atoms with E-state index in [1.54, 1.807) is 7.05 Å². The topological polar surface area (TPSA) is 30.9 Å². The molecule has 1 aliphatic carbocycles. The van der Waals surface area contributed by atoms with Gasteiger partial charge in [0.2, 0.25) is 0 Å². The molecule has 2 atom stereocenters. The lowest BCUT2D eigenvalue weighted by molar-refractivity contribution is -0.143. The molecule has 1 heterocycles. The van der Waals surface area contributed by atoms with Crippen molar-refractivity contribution in [2.45, 2.75) is 38.3 Å². The lowest BCUT2D eigenvalue weighted by atomic mass is 9.82. The fraction of sp³-hybridized carbons (Fsp3) is 0.938. The number of halogens is 3. The number of hydrogen-bond acceptors (Lipinski definition) is 2. The summed E-state index contributed by atoms with van der Waals surface area (Å²) in [5.74, 6) is 2.48. The van der Waals surface area contributed by atoms with Gasteiger partial charge < -0.3 is 10.2 Å². The molecule has 134 valence electrons. The normalized spacial score (nSPS) is 25.8. The average molecular weight is 334 g/mol. The summed E-state index contributed by atoms with van der Waals surface area (Å²) in [4.78, 5) is 7.98. The summed E-state index contributed by atoms with van der Waals surface area (Å²) in [5, 5.41) is 3.31. The van der Waals surface area contributed by atoms with Crippen molar-refractivity contribution in [2.75, 3.05) is 46.8 Å². The average Bonchev–Trinajstić information content (AvgIpc) is 2.89. The molecule has 0 aromatic rings. The monoisotopic (exact) mass is 334 g/mol. The molecule has 2 unspecified atom stereocenters. The van der Waals surface area contributed by atoms with Crippen LogP contribution in [-0.4, -0.2) is 68.8 Å². The van der Waals surface area contributed by atoms with Crippen LogP contribution in [0.2, 0.25) is 0 Å². The van der Waals surface area contributed by atoms with Gasteiger partial charge in [-0.3, -0.25) is 9.89 Å². The maximum absolute atomic E-state index is 12.3. The highest BCUT2D eigenvalue weighted by atomic mass is 19.4. The molecule has 2 fully saturated rings. The zero-order chi connectivity index (χ0) is 16.9. The minimum absolute atomic E-state index is 0.425. The summed E-state index contributed by atoms with van der Waals surface area (Å²) < 4.78 is 36.8. The van der Waals surface area contributed by atoms with Crippen molar-refractivity contribution in [2.24, 2.45) is 16.8 Å². The number of likely N-dealkylation sites (tertiary alicyclic amines) is 1. The van der Waals surface area contributed by atoms with E-state index in [0.717, 1.165) is 30.9 Å². The molecule has 0 aromatic heterocycles. The highest BCUT2D eigenvalue weighted by Crippen LogP contribution is 2.35. The molecular weight excluding hydrogens is 305 g/mol. The fourth-order valence-electron chi connectivity index (χ4n) is 3.85. The second-order valence-corrected chi connectivity index (χ2v) is 6.89. The van der Waals surface area contributed by atoms with E-state index >= 15 is 0 Å². The first-order valence-electron chi connectivity index (χ1n) is 8.60. The molecular formula is C16H29F3N4. The highest BCUT2D eigenvalue weighted by Gasteiger charge is 2.35. The minimum atomic E-state index is -4.12. The number of guanidine groups is 1. The molecule has 4 nitrogen and oxygen atoms in total. The molecule has 1 saturated heterocycles. The van der Waals surface area contributed by atoms with E-state index in [0.29, 0.717) is 19.5 Å². The van der Waals surface area contributed by atoms with Crippen LogP contribution in [0.3, 0.4) is 0 Å². The molecule has 1 aliphatic heterocycles. The van der Waals surface area contributed by atoms with Crippen molar-refractivity contribution in [3.05, 3.63) is 0 Å². The molecule has 0 radical (unpaired) electrons. The van der Waals surface area contributed by atoms with Crippen molar-refractivity contribution >= 4 is 5.96 Å². The van der Waals surface area contributed by atoms with E-state index in [1.165, 1.54) is 37.6 Å². The van der Waals surface area contributed by atoms with E-state index in [2.05, 4.69) is 15.2 Å². The fourth-order valence-corrected chi connectivity index (χ4v) is 3.85. The molecule has 1 N–H and O–H groups in total. The Morgan fingerprint density at radius 3 is 2.35 bits per heavy atom. The Balaban J connectivity index is 1.68. The van der Waals surface area contributed by atoms with Crippen LogP contribution in [0.4, 0.5) is 13.2 Å². The predicted octanol–water partition coefficient (Wildman–Crippen LogP) is 2.57. The minimum Gasteiger partial charge on any atom is -0.356 e. The molecule has 2 aliphatic rings. The first-order valence-corrected chi connectivity index (χ1v) is 8.60. The predicted molar refractivity (Wildman–Crippen MR) is 86.6 cm³/mol. The number of aliphatic imine (C=N–C) groups is 1. The highest BCUT2D eigenvalue weighted by molar-refractivity contribution is 5.80. The molecule has 7 heteroatoms. The van der Waals surface area contributed by atoms with Crippen LogP contribution < -0.4 is 5.32 Å². The smallest absolute Gasteiger partial charge is 0.356 e. The van der Waals surface area contributed by atoms with Crippen LogP contribution >= 0.6 is 0 Å². The molecule has 1 saturated carbocycles. The summed E-state index contributed by atoms with van der Waals surface area (Å²) in [6, 6.07) is 0. The molecule has 0 aromatic carbocycles. The molecule has 2 rings (SSSR count). The molecule has 0 bridgehead atoms. The standard InChI is InChI=1S/C16H29F3N4/c1-20-15(21-8-5-9-22(2)12-16(17,18)19)23-10-13-6-3-4-7-14(13)11-23/h13-14H,3-12H2,1-2H3,(H,20,21). The molecule has 0 spiro atoms. The zero-order valence-corrected chi connectivity index (χ0v) is 14.2. The van der Waals surface area contributed by atoms with Gasteiger partial charge in [0.15, 0.2) is 5.96 Å². The Hall–Kier alpha value is -0.980. The van der Waals surface area contributed by atoms with Gasteiger partial charge in [0.25, 0.3) is 0 Å². The van der Waals surface area contributed by atoms with Crippen LogP contribution in [0.15, 0.2) is 4.99 Å². The Morgan fingerprint density at radius 1 is 1.22 bits per heavy atom. The third kappa shape index (κ3) is 5.86. The quantitative estimate of drug-likeness (QED) is 0.476. The van der Waals surface area contributed by atoms with Crippen LogP contribution in [0.1, 0.15) is 32.1 Å². The van der Waals surface area contributed by atoms with Gasteiger partial charge in [0.05, 0.1) is 6.54 Å². The lowest BCUT2D eigenvalue weighted by Crippen LogP contribution is -2.41. The van der Waals surface area contributed by atoms with Crippen molar-refractivity contribution in [3.63, 3.8) is 0 Å². The maximum atomic E-state index is 12.3. The number of nitrogens with one attached hydrogen (secondary N) is 1. The Labute approximate surface area is 137 Å². The summed E-state index contributed by atoms with van der Waals surface area (Å²) in [7, 11) is 3.29. The van der Waals surface area contributed by atoms with Crippen LogP contribution in [0, 0.1) is 11.8 Å². The second-order valence-electron chi connectivity index (χ2n) is 6.89. The second kappa shape index (κ2) is 8.22. The van der Waals surface area contributed by atoms with E-state index in [-0.39, 0.29) is 0 Å². The van der Waals surface area contributed by atoms with Crippen molar-refractivity contribution in [1.29, 1.82) is 0 Å². The van der Waals surface area contributed by atoms with Gasteiger partial charge in [-0.25, -0.2) is 0 Å². The van der Waals surface area contributed by atoms with Gasteiger partial charge in [-0.1, -0.05) is 12.8 Å². The SMILES string of the molecule is CN=C(NCCCN(C)CC(F)(F)F)N1CC2CCCCC2C1. The first kappa shape index (κ1) is 18.4. The Morgan fingerprint density at radius 2 is 1.83 bits per heavy atom. The van der Waals surface area contributed by atoms with Gasteiger partial charge in [-0.05, 0) is 44.7 Å². The van der Waals surface area contributed by atoms with Crippen LogP contribution in [0.5, 0.6) is 0 Å². The maximum Gasteiger partial charge on any atom is 0.401 e. The molecule has 0 amide bonds. The largest absolute Gasteiger partial charge is 0.401 e. The van der Waals surface area contributed by atoms with Gasteiger partial charge in [0.1, 0.15) is 0 Å². The lowest BCUT2D eigenvalue weighted by Gasteiger charge is -2.23. The van der Waals surface area contributed by atoms with E-state index in [1.807, 2.05) is 0 Å². The summed E-state index contributed by atoms with van der Waals surface area (Å²) in [6.45, 7) is 2.36. The third-order valence-electron chi connectivity index (χ3n) is 4.94. The van der Waals surface area contributed by atoms with E-state index < -0.39 is 12.7 Å². The van der Waals surface area contributed by atoms with Gasteiger partial charge in [-0.15, -0.1) is 0 Å². The van der Waals surface area contributed by atoms with Crippen molar-refractivity contribution < 1.29 is 13.2 Å². The van der Waals surface area contributed by atoms with Crippen LogP contribution in [-0.2, 0) is 0 Å². The van der Waals surface area contributed by atoms with E-state index in [9.17, 15) is 13.2 Å². The van der Waals surface area contributed by atoms with Gasteiger partial charge in [-0.2, -0.15) is 13.2 Å². The Bertz CT molecular complexity index is 383. The molecule has 23 heavy (non-hydrogen) atoms.